The number of nitrogens with one attached hydrogen (secondary N) is 2. The summed E-state index contributed by atoms with van der Waals surface area (Å²) in [6.45, 7) is 1.94. The predicted molar refractivity (Wildman–Crippen MR) is 112 cm³/mol. The van der Waals surface area contributed by atoms with Crippen molar-refractivity contribution in [1.29, 1.82) is 0 Å². The van der Waals surface area contributed by atoms with Gasteiger partial charge in [0.25, 0.3) is 0 Å². The van der Waals surface area contributed by atoms with Gasteiger partial charge in [0, 0.05) is 21.8 Å². The summed E-state index contributed by atoms with van der Waals surface area (Å²) in [4.78, 5) is 12.8. The second kappa shape index (κ2) is 8.13. The average Bonchev–Trinajstić information content (AvgIpc) is 2.65. The third-order valence-corrected chi connectivity index (χ3v) is 4.50. The molecule has 3 nitrogen and oxygen atoms in total. The maximum Gasteiger partial charge on any atom is 0.195 e. The quantitative estimate of drug-likeness (QED) is 0.450. The minimum absolute atomic E-state index is 0.0603. The number of hydrogen-bond donors (Lipinski definition) is 2. The Morgan fingerprint density at radius 1 is 0.923 bits per heavy atom. The Kier molecular flexibility index (Phi) is 5.66. The molecule has 0 aromatic heterocycles. The van der Waals surface area contributed by atoms with Gasteiger partial charge in [-0.3, -0.25) is 4.79 Å². The zero-order valence-corrected chi connectivity index (χ0v) is 15.7. The fraction of sp³-hybridized carbons (Fsp3) is 0.0476. The van der Waals surface area contributed by atoms with Crippen LogP contribution in [0, 0.1) is 6.92 Å². The Labute approximate surface area is 163 Å². The summed E-state index contributed by atoms with van der Waals surface area (Å²) in [6, 6.07) is 22.1. The molecule has 0 atom stereocenters. The number of rotatable bonds is 4. The topological polar surface area (TPSA) is 41.1 Å². The molecule has 0 aliphatic rings. The highest BCUT2D eigenvalue weighted by atomic mass is 35.5. The monoisotopic (exact) mass is 380 g/mol. The summed E-state index contributed by atoms with van der Waals surface area (Å²) in [5.74, 6) is -0.0603. The van der Waals surface area contributed by atoms with Gasteiger partial charge >= 0.3 is 0 Å². The summed E-state index contributed by atoms with van der Waals surface area (Å²) in [7, 11) is 0. The third kappa shape index (κ3) is 4.28. The normalized spacial score (nSPS) is 10.2. The van der Waals surface area contributed by atoms with E-state index in [0.29, 0.717) is 26.9 Å². The molecule has 2 N–H and O–H groups in total. The largest absolute Gasteiger partial charge is 0.332 e. The molecule has 130 valence electrons. The van der Waals surface area contributed by atoms with Crippen LogP contribution in [0.4, 0.5) is 11.4 Å². The van der Waals surface area contributed by atoms with Gasteiger partial charge in [0.2, 0.25) is 0 Å². The number of thiocarbonyl (C=S) groups is 1. The smallest absolute Gasteiger partial charge is 0.195 e. The zero-order valence-electron chi connectivity index (χ0n) is 14.1. The maximum atomic E-state index is 12.8. The standard InChI is InChI=1S/C21H17ClN2OS/c1-14-11-12-16(13-18(14)22)23-21(26)24-19-10-6-5-9-17(19)20(25)15-7-3-2-4-8-15/h2-13H,1H3,(H2,23,24,26). The van der Waals surface area contributed by atoms with Crippen molar-refractivity contribution in [2.24, 2.45) is 0 Å². The van der Waals surface area contributed by atoms with E-state index in [1.54, 1.807) is 18.2 Å². The van der Waals surface area contributed by atoms with Gasteiger partial charge in [-0.05, 0) is 49.0 Å². The number of aryl methyl sites for hydroxylation is 1. The van der Waals surface area contributed by atoms with Crippen molar-refractivity contribution in [2.45, 2.75) is 6.92 Å². The highest BCUT2D eigenvalue weighted by Crippen LogP contribution is 2.22. The first-order chi connectivity index (χ1) is 12.5. The lowest BCUT2D eigenvalue weighted by molar-refractivity contribution is 0.103. The summed E-state index contributed by atoms with van der Waals surface area (Å²) in [6.07, 6.45) is 0. The summed E-state index contributed by atoms with van der Waals surface area (Å²) >= 11 is 11.5. The number of benzene rings is 3. The van der Waals surface area contributed by atoms with Crippen LogP contribution in [0.25, 0.3) is 0 Å². The van der Waals surface area contributed by atoms with E-state index >= 15 is 0 Å². The fourth-order valence-electron chi connectivity index (χ4n) is 2.49. The zero-order chi connectivity index (χ0) is 18.5. The molecule has 3 aromatic rings. The molecule has 0 spiro atoms. The van der Waals surface area contributed by atoms with Gasteiger partial charge in [-0.25, -0.2) is 0 Å². The van der Waals surface area contributed by atoms with Crippen molar-refractivity contribution in [3.8, 4) is 0 Å². The van der Waals surface area contributed by atoms with Gasteiger partial charge in [0.1, 0.15) is 0 Å². The number of carbonyl (C=O) groups excluding carboxylic acids is 1. The molecule has 3 aromatic carbocycles. The molecule has 0 amide bonds. The van der Waals surface area contributed by atoms with Crippen LogP contribution in [0.5, 0.6) is 0 Å². The number of halogens is 1. The van der Waals surface area contributed by atoms with Gasteiger partial charge in [-0.1, -0.05) is 60.1 Å². The minimum Gasteiger partial charge on any atom is -0.332 e. The fourth-order valence-corrected chi connectivity index (χ4v) is 2.90. The molecule has 3 rings (SSSR count). The Morgan fingerprint density at radius 3 is 2.35 bits per heavy atom. The molecular weight excluding hydrogens is 364 g/mol. The van der Waals surface area contributed by atoms with Crippen molar-refractivity contribution in [3.05, 3.63) is 94.5 Å². The van der Waals surface area contributed by atoms with Crippen molar-refractivity contribution in [3.63, 3.8) is 0 Å². The first kappa shape index (κ1) is 18.1. The lowest BCUT2D eigenvalue weighted by Crippen LogP contribution is -2.20. The van der Waals surface area contributed by atoms with E-state index in [0.717, 1.165) is 11.3 Å². The Bertz CT molecular complexity index is 957. The predicted octanol–water partition coefficient (Wildman–Crippen LogP) is 5.69. The molecule has 0 unspecified atom stereocenters. The third-order valence-electron chi connectivity index (χ3n) is 3.89. The lowest BCUT2D eigenvalue weighted by atomic mass is 10.0. The summed E-state index contributed by atoms with van der Waals surface area (Å²) in [5, 5.41) is 7.24. The molecule has 5 heteroatoms. The van der Waals surface area contributed by atoms with Crippen molar-refractivity contribution in [2.75, 3.05) is 10.6 Å². The number of ketones is 1. The van der Waals surface area contributed by atoms with E-state index < -0.39 is 0 Å². The Hall–Kier alpha value is -2.69. The van der Waals surface area contributed by atoms with E-state index in [2.05, 4.69) is 10.6 Å². The van der Waals surface area contributed by atoms with Crippen molar-refractivity contribution < 1.29 is 4.79 Å². The molecule has 0 bridgehead atoms. The van der Waals surface area contributed by atoms with E-state index in [-0.39, 0.29) is 5.78 Å². The Morgan fingerprint density at radius 2 is 1.62 bits per heavy atom. The van der Waals surface area contributed by atoms with E-state index in [9.17, 15) is 4.79 Å². The lowest BCUT2D eigenvalue weighted by Gasteiger charge is -2.14. The molecule has 0 radical (unpaired) electrons. The van der Waals surface area contributed by atoms with Gasteiger partial charge in [0.15, 0.2) is 10.9 Å². The molecule has 0 aliphatic heterocycles. The summed E-state index contributed by atoms with van der Waals surface area (Å²) in [5.41, 5.74) is 3.62. The SMILES string of the molecule is Cc1ccc(NC(=S)Nc2ccccc2C(=O)c2ccccc2)cc1Cl. The van der Waals surface area contributed by atoms with Crippen LogP contribution in [-0.4, -0.2) is 10.9 Å². The van der Waals surface area contributed by atoms with Crippen LogP contribution in [0.15, 0.2) is 72.8 Å². The van der Waals surface area contributed by atoms with Crippen LogP contribution < -0.4 is 10.6 Å². The van der Waals surface area contributed by atoms with Crippen LogP contribution in [0.3, 0.4) is 0 Å². The highest BCUT2D eigenvalue weighted by Gasteiger charge is 2.13. The number of anilines is 2. The van der Waals surface area contributed by atoms with Crippen molar-refractivity contribution >= 4 is 46.1 Å². The molecule has 26 heavy (non-hydrogen) atoms. The first-order valence-corrected chi connectivity index (χ1v) is 8.86. The van der Waals surface area contributed by atoms with Crippen LogP contribution in [0.2, 0.25) is 5.02 Å². The minimum atomic E-state index is -0.0603. The molecular formula is C21H17ClN2OS. The van der Waals surface area contributed by atoms with Gasteiger partial charge in [-0.15, -0.1) is 0 Å². The average molecular weight is 381 g/mol. The Balaban J connectivity index is 1.78. The van der Waals surface area contributed by atoms with Gasteiger partial charge < -0.3 is 10.6 Å². The maximum absolute atomic E-state index is 12.8. The van der Waals surface area contributed by atoms with E-state index in [1.807, 2.05) is 61.5 Å². The second-order valence-electron chi connectivity index (χ2n) is 5.78. The molecule has 0 saturated heterocycles. The molecule has 0 heterocycles. The van der Waals surface area contributed by atoms with Crippen molar-refractivity contribution in [1.82, 2.24) is 0 Å². The molecule has 0 saturated carbocycles. The van der Waals surface area contributed by atoms with Gasteiger partial charge in [-0.2, -0.15) is 0 Å². The van der Waals surface area contributed by atoms with Crippen LogP contribution in [0.1, 0.15) is 21.5 Å². The number of para-hydroxylation sites is 1. The highest BCUT2D eigenvalue weighted by molar-refractivity contribution is 7.80. The second-order valence-corrected chi connectivity index (χ2v) is 6.60. The number of carbonyl (C=O) groups is 1. The molecule has 0 aliphatic carbocycles. The van der Waals surface area contributed by atoms with E-state index in [1.165, 1.54) is 0 Å². The van der Waals surface area contributed by atoms with Crippen LogP contribution >= 0.6 is 23.8 Å². The number of hydrogen-bond acceptors (Lipinski definition) is 2. The van der Waals surface area contributed by atoms with E-state index in [4.69, 9.17) is 23.8 Å². The molecule has 0 fully saturated rings. The first-order valence-electron chi connectivity index (χ1n) is 8.07. The van der Waals surface area contributed by atoms with Crippen LogP contribution in [-0.2, 0) is 0 Å². The summed E-state index contributed by atoms with van der Waals surface area (Å²) < 4.78 is 0. The van der Waals surface area contributed by atoms with Gasteiger partial charge in [0.05, 0.1) is 5.69 Å².